The molecule has 0 saturated heterocycles. The van der Waals surface area contributed by atoms with Crippen LogP contribution in [0.4, 0.5) is 0 Å². The fraction of sp³-hybridized carbons (Fsp3) is 0.235. The number of hydrogen-bond acceptors (Lipinski definition) is 4. The van der Waals surface area contributed by atoms with Crippen LogP contribution in [0.3, 0.4) is 0 Å². The van der Waals surface area contributed by atoms with Gasteiger partial charge in [0.05, 0.1) is 17.7 Å². The number of sulfonamides is 1. The van der Waals surface area contributed by atoms with Crippen molar-refractivity contribution in [2.45, 2.75) is 18.4 Å². The van der Waals surface area contributed by atoms with Gasteiger partial charge < -0.3 is 9.32 Å². The Kier molecular flexibility index (Phi) is 5.94. The Morgan fingerprint density at radius 2 is 1.96 bits per heavy atom. The third kappa shape index (κ3) is 4.81. The largest absolute Gasteiger partial charge is 0.468 e. The molecule has 1 aromatic carbocycles. The number of nitrogens with zero attached hydrogens (tertiary/aromatic N) is 1. The zero-order chi connectivity index (χ0) is 17.6. The number of amides is 1. The number of carbonyl (C=O) groups is 1. The summed E-state index contributed by atoms with van der Waals surface area (Å²) < 4.78 is 32.0. The average molecular weight is 348 g/mol. The van der Waals surface area contributed by atoms with Crippen molar-refractivity contribution in [3.63, 3.8) is 0 Å². The molecule has 0 bridgehead atoms. The zero-order valence-electron chi connectivity index (χ0n) is 13.6. The molecule has 0 spiro atoms. The lowest BCUT2D eigenvalue weighted by atomic mass is 10.2. The normalized spacial score (nSPS) is 11.8. The van der Waals surface area contributed by atoms with Crippen LogP contribution in [0.5, 0.6) is 0 Å². The highest BCUT2D eigenvalue weighted by atomic mass is 32.2. The van der Waals surface area contributed by atoms with Crippen molar-refractivity contribution in [2.75, 3.05) is 13.6 Å². The molecule has 0 saturated carbocycles. The van der Waals surface area contributed by atoms with Crippen molar-refractivity contribution in [1.82, 2.24) is 9.62 Å². The molecule has 6 nitrogen and oxygen atoms in total. The van der Waals surface area contributed by atoms with Gasteiger partial charge in [-0.05, 0) is 42.8 Å². The molecular weight excluding hydrogens is 328 g/mol. The van der Waals surface area contributed by atoms with E-state index >= 15 is 0 Å². The van der Waals surface area contributed by atoms with Gasteiger partial charge in [0.25, 0.3) is 0 Å². The molecule has 0 unspecified atom stereocenters. The van der Waals surface area contributed by atoms with Gasteiger partial charge in [-0.1, -0.05) is 12.1 Å². The number of benzene rings is 1. The van der Waals surface area contributed by atoms with Gasteiger partial charge in [-0.2, -0.15) is 0 Å². The Labute approximate surface area is 141 Å². The molecule has 1 N–H and O–H groups in total. The first-order chi connectivity index (χ1) is 11.4. The van der Waals surface area contributed by atoms with Crippen LogP contribution < -0.4 is 4.72 Å². The molecular formula is C17H20N2O4S. The molecule has 0 aliphatic carbocycles. The van der Waals surface area contributed by atoms with E-state index in [4.69, 9.17) is 4.42 Å². The number of nitrogens with one attached hydrogen (secondary N) is 1. The maximum absolute atomic E-state index is 12.2. The molecule has 0 radical (unpaired) electrons. The zero-order valence-corrected chi connectivity index (χ0v) is 14.4. The number of hydrogen-bond donors (Lipinski definition) is 1. The van der Waals surface area contributed by atoms with Crippen LogP contribution in [0.15, 0.2) is 58.1 Å². The van der Waals surface area contributed by atoms with E-state index in [0.717, 1.165) is 5.56 Å². The van der Waals surface area contributed by atoms with E-state index in [9.17, 15) is 13.2 Å². The Morgan fingerprint density at radius 3 is 2.54 bits per heavy atom. The molecule has 24 heavy (non-hydrogen) atoms. The average Bonchev–Trinajstić information content (AvgIpc) is 3.11. The van der Waals surface area contributed by atoms with E-state index in [2.05, 4.69) is 4.72 Å². The van der Waals surface area contributed by atoms with Gasteiger partial charge in [0.2, 0.25) is 15.9 Å². The summed E-state index contributed by atoms with van der Waals surface area (Å²) in [5.74, 6) is 0.436. The summed E-state index contributed by atoms with van der Waals surface area (Å²) in [5.41, 5.74) is 0.748. The van der Waals surface area contributed by atoms with E-state index in [1.165, 1.54) is 24.5 Å². The standard InChI is InChI=1S/C17H20N2O4S/c1-3-19(2)17(20)11-8-14-6-9-16(10-7-14)24(21,22)18-13-15-5-4-12-23-15/h4-12,18H,3,13H2,1-2H3/b11-8+. The molecule has 1 aromatic heterocycles. The molecule has 128 valence electrons. The van der Waals surface area contributed by atoms with Crippen molar-refractivity contribution >= 4 is 22.0 Å². The molecule has 7 heteroatoms. The summed E-state index contributed by atoms with van der Waals surface area (Å²) in [4.78, 5) is 13.4. The fourth-order valence-corrected chi connectivity index (χ4v) is 2.86. The lowest BCUT2D eigenvalue weighted by molar-refractivity contribution is -0.124. The molecule has 0 aliphatic heterocycles. The minimum absolute atomic E-state index is 0.0921. The topological polar surface area (TPSA) is 79.6 Å². The first kappa shape index (κ1) is 18.0. The van der Waals surface area contributed by atoms with Crippen LogP contribution in [0.25, 0.3) is 6.08 Å². The first-order valence-electron chi connectivity index (χ1n) is 7.47. The van der Waals surface area contributed by atoms with Gasteiger partial charge in [0.1, 0.15) is 5.76 Å². The van der Waals surface area contributed by atoms with E-state index in [1.54, 1.807) is 42.3 Å². The van der Waals surface area contributed by atoms with Crippen LogP contribution in [-0.4, -0.2) is 32.8 Å². The van der Waals surface area contributed by atoms with E-state index in [1.807, 2.05) is 6.92 Å². The third-order valence-corrected chi connectivity index (χ3v) is 4.89. The quantitative estimate of drug-likeness (QED) is 0.778. The summed E-state index contributed by atoms with van der Waals surface area (Å²) in [6.45, 7) is 2.61. The molecule has 1 amide bonds. The Balaban J connectivity index is 2.02. The van der Waals surface area contributed by atoms with Gasteiger partial charge in [0.15, 0.2) is 0 Å². The van der Waals surface area contributed by atoms with Gasteiger partial charge >= 0.3 is 0 Å². The highest BCUT2D eigenvalue weighted by Crippen LogP contribution is 2.12. The van der Waals surface area contributed by atoms with Gasteiger partial charge in [0, 0.05) is 19.7 Å². The molecule has 0 fully saturated rings. The van der Waals surface area contributed by atoms with E-state index < -0.39 is 10.0 Å². The predicted molar refractivity (Wildman–Crippen MR) is 91.5 cm³/mol. The fourth-order valence-electron chi connectivity index (χ4n) is 1.87. The second kappa shape index (κ2) is 7.94. The molecule has 0 aliphatic rings. The number of likely N-dealkylation sites (N-methyl/N-ethyl adjacent to an activating group) is 1. The third-order valence-electron chi connectivity index (χ3n) is 3.48. The maximum Gasteiger partial charge on any atom is 0.246 e. The van der Waals surface area contributed by atoms with Crippen molar-refractivity contribution in [2.24, 2.45) is 0 Å². The van der Waals surface area contributed by atoms with Crippen molar-refractivity contribution in [1.29, 1.82) is 0 Å². The lowest BCUT2D eigenvalue weighted by Gasteiger charge is -2.10. The predicted octanol–water partition coefficient (Wildman–Crippen LogP) is 2.25. The minimum atomic E-state index is -3.61. The minimum Gasteiger partial charge on any atom is -0.468 e. The van der Waals surface area contributed by atoms with Crippen LogP contribution >= 0.6 is 0 Å². The number of furan rings is 1. The lowest BCUT2D eigenvalue weighted by Crippen LogP contribution is -2.23. The van der Waals surface area contributed by atoms with Crippen LogP contribution in [-0.2, 0) is 21.4 Å². The molecule has 2 rings (SSSR count). The Bertz CT molecular complexity index is 794. The van der Waals surface area contributed by atoms with Crippen LogP contribution in [0.1, 0.15) is 18.2 Å². The molecule has 1 heterocycles. The van der Waals surface area contributed by atoms with Crippen LogP contribution in [0, 0.1) is 0 Å². The van der Waals surface area contributed by atoms with Crippen LogP contribution in [0.2, 0.25) is 0 Å². The summed E-state index contributed by atoms with van der Waals surface area (Å²) in [5, 5.41) is 0. The molecule has 2 aromatic rings. The highest BCUT2D eigenvalue weighted by molar-refractivity contribution is 7.89. The summed E-state index contributed by atoms with van der Waals surface area (Å²) >= 11 is 0. The number of rotatable bonds is 7. The first-order valence-corrected chi connectivity index (χ1v) is 8.96. The number of carbonyl (C=O) groups excluding carboxylic acids is 1. The Hall–Kier alpha value is -2.38. The SMILES string of the molecule is CCN(C)C(=O)/C=C/c1ccc(S(=O)(=O)NCc2ccco2)cc1. The van der Waals surface area contributed by atoms with E-state index in [-0.39, 0.29) is 17.3 Å². The second-order valence-corrected chi connectivity index (χ2v) is 6.93. The van der Waals surface area contributed by atoms with Gasteiger partial charge in [-0.15, -0.1) is 0 Å². The van der Waals surface area contributed by atoms with Crippen molar-refractivity contribution in [3.8, 4) is 0 Å². The highest BCUT2D eigenvalue weighted by Gasteiger charge is 2.13. The summed E-state index contributed by atoms with van der Waals surface area (Å²) in [6, 6.07) is 9.69. The van der Waals surface area contributed by atoms with E-state index in [0.29, 0.717) is 12.3 Å². The van der Waals surface area contributed by atoms with Crippen molar-refractivity contribution in [3.05, 3.63) is 60.1 Å². The maximum atomic E-state index is 12.2. The summed E-state index contributed by atoms with van der Waals surface area (Å²) in [7, 11) is -1.90. The summed E-state index contributed by atoms with van der Waals surface area (Å²) in [6.07, 6.45) is 4.60. The monoisotopic (exact) mass is 348 g/mol. The Morgan fingerprint density at radius 1 is 1.25 bits per heavy atom. The second-order valence-electron chi connectivity index (χ2n) is 5.16. The molecule has 0 atom stereocenters. The van der Waals surface area contributed by atoms with Gasteiger partial charge in [-0.3, -0.25) is 4.79 Å². The van der Waals surface area contributed by atoms with Gasteiger partial charge in [-0.25, -0.2) is 13.1 Å². The van der Waals surface area contributed by atoms with Crippen molar-refractivity contribution < 1.29 is 17.6 Å². The smallest absolute Gasteiger partial charge is 0.246 e.